The van der Waals surface area contributed by atoms with Crippen LogP contribution in [0.4, 0.5) is 0 Å². The fourth-order valence-electron chi connectivity index (χ4n) is 1.30. The molecule has 0 aliphatic carbocycles. The molecule has 0 aromatic rings. The molecule has 5 heteroatoms. The summed E-state index contributed by atoms with van der Waals surface area (Å²) in [6, 6.07) is 0. The van der Waals surface area contributed by atoms with Gasteiger partial charge in [-0.25, -0.2) is 0 Å². The minimum absolute atomic E-state index is 0.826. The molecule has 0 saturated heterocycles. The van der Waals surface area contributed by atoms with Crippen LogP contribution < -0.4 is 0 Å². The van der Waals surface area contributed by atoms with E-state index in [0.29, 0.717) is 0 Å². The molecule has 0 atom stereocenters. The van der Waals surface area contributed by atoms with Gasteiger partial charge < -0.3 is 10.6 Å². The molecule has 2 nitrogen and oxygen atoms in total. The first kappa shape index (κ1) is 27.2. The second-order valence-corrected chi connectivity index (χ2v) is 8.56. The van der Waals surface area contributed by atoms with Crippen LogP contribution in [0.2, 0.25) is 0 Å². The molecular formula is C16H36Cl2N2Zr. The van der Waals surface area contributed by atoms with Gasteiger partial charge in [0.05, 0.1) is 0 Å². The van der Waals surface area contributed by atoms with Crippen molar-refractivity contribution >= 4 is 17.0 Å². The van der Waals surface area contributed by atoms with Crippen LogP contribution in [-0.4, -0.2) is 26.2 Å². The van der Waals surface area contributed by atoms with E-state index in [9.17, 15) is 0 Å². The van der Waals surface area contributed by atoms with E-state index in [1.807, 2.05) is 0 Å². The molecule has 0 N–H and O–H groups in total. The molecule has 0 amide bonds. The Morgan fingerprint density at radius 2 is 0.762 bits per heavy atom. The van der Waals surface area contributed by atoms with Crippen LogP contribution in [0.3, 0.4) is 0 Å². The van der Waals surface area contributed by atoms with Gasteiger partial charge in [0, 0.05) is 0 Å². The molecule has 0 unspecified atom stereocenters. The zero-order valence-corrected chi connectivity index (χ0v) is 18.6. The maximum absolute atomic E-state index is 4.93. The van der Waals surface area contributed by atoms with Crippen molar-refractivity contribution in [3.8, 4) is 0 Å². The van der Waals surface area contributed by atoms with E-state index in [2.05, 4.69) is 38.3 Å². The molecule has 0 saturated carbocycles. The quantitative estimate of drug-likeness (QED) is 0.298. The Bertz CT molecular complexity index is 115. The zero-order chi connectivity index (χ0) is 16.6. The Balaban J connectivity index is -0.000000260. The molecular weight excluding hydrogens is 382 g/mol. The first-order chi connectivity index (χ1) is 10.2. The summed E-state index contributed by atoms with van der Waals surface area (Å²) in [4.78, 5) is 0. The van der Waals surface area contributed by atoms with Gasteiger partial charge in [-0.15, -0.1) is 26.2 Å². The SMILES string of the molecule is CCCC[N-]CCCC.CCCC[N-]CCCC.[Cl][Zr+2][Cl]. The maximum atomic E-state index is 4.93. The van der Waals surface area contributed by atoms with Crippen LogP contribution in [0.5, 0.6) is 0 Å². The number of hydrogen-bond acceptors (Lipinski definition) is 0. The average Bonchev–Trinajstić information content (AvgIpc) is 2.49. The Morgan fingerprint density at radius 1 is 0.571 bits per heavy atom. The Labute approximate surface area is 153 Å². The monoisotopic (exact) mass is 416 g/mol. The van der Waals surface area contributed by atoms with E-state index < -0.39 is 20.8 Å². The zero-order valence-electron chi connectivity index (χ0n) is 14.6. The molecule has 0 heterocycles. The van der Waals surface area contributed by atoms with E-state index in [1.54, 1.807) is 0 Å². The summed E-state index contributed by atoms with van der Waals surface area (Å²) in [5, 5.41) is 8.70. The molecule has 0 aromatic heterocycles. The van der Waals surface area contributed by atoms with Crippen molar-refractivity contribution in [2.24, 2.45) is 0 Å². The fourth-order valence-corrected chi connectivity index (χ4v) is 1.30. The summed E-state index contributed by atoms with van der Waals surface area (Å²) in [7, 11) is 9.87. The molecule has 0 fully saturated rings. The Hall–Kier alpha value is 1.38. The van der Waals surface area contributed by atoms with E-state index in [1.165, 1.54) is 51.4 Å². The van der Waals surface area contributed by atoms with Crippen LogP contribution in [-0.2, 0) is 20.8 Å². The third-order valence-electron chi connectivity index (χ3n) is 2.68. The van der Waals surface area contributed by atoms with E-state index in [-0.39, 0.29) is 0 Å². The molecule has 21 heavy (non-hydrogen) atoms. The molecule has 0 radical (unpaired) electrons. The van der Waals surface area contributed by atoms with E-state index >= 15 is 0 Å². The predicted octanol–water partition coefficient (Wildman–Crippen LogP) is 7.30. The molecule has 0 aliphatic rings. The van der Waals surface area contributed by atoms with Crippen molar-refractivity contribution < 1.29 is 20.8 Å². The molecule has 128 valence electrons. The van der Waals surface area contributed by atoms with Crippen LogP contribution in [0.15, 0.2) is 0 Å². The van der Waals surface area contributed by atoms with Gasteiger partial charge in [0.1, 0.15) is 0 Å². The third-order valence-corrected chi connectivity index (χ3v) is 2.68. The van der Waals surface area contributed by atoms with Gasteiger partial charge in [0.2, 0.25) is 0 Å². The summed E-state index contributed by atoms with van der Waals surface area (Å²) in [5.41, 5.74) is 0. The van der Waals surface area contributed by atoms with Crippen molar-refractivity contribution in [2.45, 2.75) is 79.1 Å². The first-order valence-electron chi connectivity index (χ1n) is 8.47. The van der Waals surface area contributed by atoms with Gasteiger partial charge in [-0.2, -0.15) is 0 Å². The standard InChI is InChI=1S/2C8H18N.2ClH.Zr/c2*1-3-5-7-9-8-6-4-2;;;/h2*3-8H2,1-2H3;2*1H;/q2*-1;;;+4/p-2. The molecule has 0 aromatic carbocycles. The van der Waals surface area contributed by atoms with Gasteiger partial charge in [0.15, 0.2) is 0 Å². The van der Waals surface area contributed by atoms with Crippen molar-refractivity contribution in [1.82, 2.24) is 0 Å². The summed E-state index contributed by atoms with van der Waals surface area (Å²) in [6.07, 6.45) is 10.2. The normalized spacial score (nSPS) is 9.05. The first-order valence-corrected chi connectivity index (χ1v) is 14.8. The molecule has 0 aliphatic heterocycles. The second-order valence-electron chi connectivity index (χ2n) is 4.83. The van der Waals surface area contributed by atoms with Crippen LogP contribution in [0.25, 0.3) is 10.6 Å². The minimum atomic E-state index is -0.826. The Morgan fingerprint density at radius 3 is 0.905 bits per heavy atom. The van der Waals surface area contributed by atoms with E-state index in [0.717, 1.165) is 26.2 Å². The van der Waals surface area contributed by atoms with Crippen molar-refractivity contribution in [3.63, 3.8) is 0 Å². The van der Waals surface area contributed by atoms with E-state index in [4.69, 9.17) is 17.0 Å². The number of rotatable bonds is 12. The van der Waals surface area contributed by atoms with Gasteiger partial charge in [-0.05, 0) is 0 Å². The van der Waals surface area contributed by atoms with Gasteiger partial charge in [0.25, 0.3) is 0 Å². The van der Waals surface area contributed by atoms with Crippen LogP contribution in [0.1, 0.15) is 79.1 Å². The van der Waals surface area contributed by atoms with Gasteiger partial charge >= 0.3 is 37.9 Å². The number of hydrogen-bond donors (Lipinski definition) is 0. The number of halogens is 2. The molecule has 0 rings (SSSR count). The van der Waals surface area contributed by atoms with Crippen LogP contribution >= 0.6 is 17.0 Å². The van der Waals surface area contributed by atoms with Crippen molar-refractivity contribution in [3.05, 3.63) is 10.6 Å². The van der Waals surface area contributed by atoms with Gasteiger partial charge in [-0.1, -0.05) is 79.1 Å². The third kappa shape index (κ3) is 44.9. The summed E-state index contributed by atoms with van der Waals surface area (Å²) in [5.74, 6) is 0. The Kier molecular flexibility index (Phi) is 42.9. The van der Waals surface area contributed by atoms with Crippen molar-refractivity contribution in [1.29, 1.82) is 0 Å². The summed E-state index contributed by atoms with van der Waals surface area (Å²) < 4.78 is 0. The van der Waals surface area contributed by atoms with Crippen molar-refractivity contribution in [2.75, 3.05) is 26.2 Å². The number of nitrogens with zero attached hydrogens (tertiary/aromatic N) is 2. The van der Waals surface area contributed by atoms with Gasteiger partial charge in [-0.3, -0.25) is 0 Å². The molecule has 0 spiro atoms. The molecule has 0 bridgehead atoms. The fraction of sp³-hybridized carbons (Fsp3) is 1.00. The summed E-state index contributed by atoms with van der Waals surface area (Å²) >= 11 is -0.826. The number of unbranched alkanes of at least 4 members (excludes halogenated alkanes) is 4. The van der Waals surface area contributed by atoms with Crippen LogP contribution in [0, 0.1) is 0 Å². The second kappa shape index (κ2) is 33.1. The topological polar surface area (TPSA) is 28.2 Å². The summed E-state index contributed by atoms with van der Waals surface area (Å²) in [6.45, 7) is 13.1. The average molecular weight is 419 g/mol. The predicted molar refractivity (Wildman–Crippen MR) is 97.5 cm³/mol.